The lowest BCUT2D eigenvalue weighted by Crippen LogP contribution is -2.14. The van der Waals surface area contributed by atoms with Crippen molar-refractivity contribution >= 4 is 17.4 Å². The van der Waals surface area contributed by atoms with E-state index in [0.29, 0.717) is 11.5 Å². The van der Waals surface area contributed by atoms with Gasteiger partial charge in [-0.15, -0.1) is 0 Å². The van der Waals surface area contributed by atoms with Gasteiger partial charge in [0, 0.05) is 36.3 Å². The highest BCUT2D eigenvalue weighted by Crippen LogP contribution is 2.46. The molecule has 0 atom stereocenters. The number of rotatable bonds is 5. The van der Waals surface area contributed by atoms with Crippen LogP contribution in [0.3, 0.4) is 0 Å². The standard InChI is InChI=1S/C19H21N5O/c1-3-21-18-19-23-15(10-24(19)9-8-22-18)14-7-6-13(17(20)25)11(2)16(14)12-4-5-12/h6-10,12H,3-5H2,1-2H3,(H2,20,25)(H,21,22). The molecule has 1 aliphatic rings. The van der Waals surface area contributed by atoms with Gasteiger partial charge < -0.3 is 15.5 Å². The summed E-state index contributed by atoms with van der Waals surface area (Å²) >= 11 is 0. The Labute approximate surface area is 146 Å². The van der Waals surface area contributed by atoms with Crippen molar-refractivity contribution in [3.8, 4) is 11.3 Å². The van der Waals surface area contributed by atoms with Crippen LogP contribution in [0, 0.1) is 6.92 Å². The van der Waals surface area contributed by atoms with Gasteiger partial charge in [0.15, 0.2) is 11.5 Å². The molecule has 1 amide bonds. The molecule has 1 saturated carbocycles. The number of carbonyl (C=O) groups is 1. The molecule has 4 rings (SSSR count). The summed E-state index contributed by atoms with van der Waals surface area (Å²) in [6, 6.07) is 3.79. The molecule has 2 heterocycles. The lowest BCUT2D eigenvalue weighted by molar-refractivity contribution is 0.0999. The van der Waals surface area contributed by atoms with Crippen molar-refractivity contribution in [1.29, 1.82) is 0 Å². The number of imidazole rings is 1. The summed E-state index contributed by atoms with van der Waals surface area (Å²) in [4.78, 5) is 20.9. The number of benzene rings is 1. The maximum Gasteiger partial charge on any atom is 0.248 e. The molecule has 0 bridgehead atoms. The van der Waals surface area contributed by atoms with Gasteiger partial charge in [0.1, 0.15) is 0 Å². The van der Waals surface area contributed by atoms with Crippen LogP contribution in [0.4, 0.5) is 5.82 Å². The molecule has 3 aromatic rings. The normalized spacial score (nSPS) is 14.0. The molecule has 1 aromatic carbocycles. The third kappa shape index (κ3) is 2.63. The van der Waals surface area contributed by atoms with Gasteiger partial charge in [0.25, 0.3) is 0 Å². The van der Waals surface area contributed by atoms with E-state index < -0.39 is 0 Å². The van der Waals surface area contributed by atoms with E-state index in [2.05, 4.69) is 10.3 Å². The van der Waals surface area contributed by atoms with Crippen LogP contribution in [-0.4, -0.2) is 26.8 Å². The SMILES string of the molecule is CCNc1nccn2cc(-c3ccc(C(N)=O)c(C)c3C3CC3)nc12. The van der Waals surface area contributed by atoms with Gasteiger partial charge in [-0.2, -0.15) is 0 Å². The van der Waals surface area contributed by atoms with Crippen molar-refractivity contribution in [2.75, 3.05) is 11.9 Å². The number of nitrogens with two attached hydrogens (primary N) is 1. The van der Waals surface area contributed by atoms with Crippen molar-refractivity contribution in [2.24, 2.45) is 5.73 Å². The first kappa shape index (κ1) is 15.6. The Bertz CT molecular complexity index is 971. The summed E-state index contributed by atoms with van der Waals surface area (Å²) in [5, 5.41) is 3.24. The number of nitrogens with zero attached hydrogens (tertiary/aromatic N) is 3. The second-order valence-electron chi connectivity index (χ2n) is 6.50. The van der Waals surface area contributed by atoms with Crippen LogP contribution in [0.2, 0.25) is 0 Å². The second kappa shape index (κ2) is 5.88. The molecule has 0 aliphatic heterocycles. The summed E-state index contributed by atoms with van der Waals surface area (Å²) in [6.07, 6.45) is 7.97. The first-order chi connectivity index (χ1) is 12.1. The summed E-state index contributed by atoms with van der Waals surface area (Å²) < 4.78 is 1.98. The van der Waals surface area contributed by atoms with Crippen LogP contribution in [-0.2, 0) is 0 Å². The molecule has 2 aromatic heterocycles. The van der Waals surface area contributed by atoms with Crippen LogP contribution in [0.5, 0.6) is 0 Å². The minimum absolute atomic E-state index is 0.375. The van der Waals surface area contributed by atoms with Crippen LogP contribution in [0.15, 0.2) is 30.7 Å². The van der Waals surface area contributed by atoms with Crippen molar-refractivity contribution in [1.82, 2.24) is 14.4 Å². The van der Waals surface area contributed by atoms with E-state index in [1.54, 1.807) is 6.20 Å². The molecule has 0 radical (unpaired) electrons. The number of primary amides is 1. The van der Waals surface area contributed by atoms with E-state index in [9.17, 15) is 4.79 Å². The minimum atomic E-state index is -0.375. The Morgan fingerprint density at radius 1 is 1.40 bits per heavy atom. The quantitative estimate of drug-likeness (QED) is 0.750. The smallest absolute Gasteiger partial charge is 0.248 e. The Hall–Kier alpha value is -2.89. The average molecular weight is 335 g/mol. The molecular weight excluding hydrogens is 314 g/mol. The van der Waals surface area contributed by atoms with Crippen molar-refractivity contribution < 1.29 is 4.79 Å². The van der Waals surface area contributed by atoms with Crippen molar-refractivity contribution in [3.05, 3.63) is 47.4 Å². The van der Waals surface area contributed by atoms with Gasteiger partial charge >= 0.3 is 0 Å². The van der Waals surface area contributed by atoms with Crippen LogP contribution < -0.4 is 11.1 Å². The molecule has 0 unspecified atom stereocenters. The monoisotopic (exact) mass is 335 g/mol. The molecule has 3 N–H and O–H groups in total. The minimum Gasteiger partial charge on any atom is -0.367 e. The van der Waals surface area contributed by atoms with Crippen LogP contribution in [0.1, 0.15) is 47.2 Å². The summed E-state index contributed by atoms with van der Waals surface area (Å²) in [6.45, 7) is 4.80. The molecule has 1 aliphatic carbocycles. The first-order valence-electron chi connectivity index (χ1n) is 8.61. The zero-order valence-electron chi connectivity index (χ0n) is 14.4. The number of hydrogen-bond acceptors (Lipinski definition) is 4. The number of carbonyl (C=O) groups excluding carboxylic acids is 1. The fourth-order valence-electron chi connectivity index (χ4n) is 3.46. The van der Waals surface area contributed by atoms with Gasteiger partial charge in [0.2, 0.25) is 5.91 Å². The van der Waals surface area contributed by atoms with Gasteiger partial charge in [-0.1, -0.05) is 6.07 Å². The Kier molecular flexibility index (Phi) is 3.67. The molecule has 6 nitrogen and oxygen atoms in total. The molecule has 128 valence electrons. The van der Waals surface area contributed by atoms with E-state index in [0.717, 1.165) is 47.7 Å². The molecule has 25 heavy (non-hydrogen) atoms. The number of fused-ring (bicyclic) bond motifs is 1. The number of amides is 1. The summed E-state index contributed by atoms with van der Waals surface area (Å²) in [5.41, 5.74) is 11.1. The predicted molar refractivity (Wildman–Crippen MR) is 97.8 cm³/mol. The summed E-state index contributed by atoms with van der Waals surface area (Å²) in [7, 11) is 0. The number of anilines is 1. The van der Waals surface area contributed by atoms with Crippen molar-refractivity contribution in [3.63, 3.8) is 0 Å². The van der Waals surface area contributed by atoms with Gasteiger partial charge in [-0.3, -0.25) is 4.79 Å². The maximum atomic E-state index is 11.7. The average Bonchev–Trinajstić information content (AvgIpc) is 3.32. The van der Waals surface area contributed by atoms with Crippen LogP contribution in [0.25, 0.3) is 16.9 Å². The summed E-state index contributed by atoms with van der Waals surface area (Å²) in [5.74, 6) is 0.889. The predicted octanol–water partition coefficient (Wildman–Crippen LogP) is 3.11. The lowest BCUT2D eigenvalue weighted by atomic mass is 9.92. The van der Waals surface area contributed by atoms with Gasteiger partial charge in [-0.25, -0.2) is 9.97 Å². The topological polar surface area (TPSA) is 85.3 Å². The van der Waals surface area contributed by atoms with E-state index >= 15 is 0 Å². The van der Waals surface area contributed by atoms with Crippen LogP contribution >= 0.6 is 0 Å². The zero-order chi connectivity index (χ0) is 17.6. The second-order valence-corrected chi connectivity index (χ2v) is 6.50. The molecule has 0 spiro atoms. The number of hydrogen-bond donors (Lipinski definition) is 2. The molecular formula is C19H21N5O. The third-order valence-electron chi connectivity index (χ3n) is 4.76. The first-order valence-corrected chi connectivity index (χ1v) is 8.61. The van der Waals surface area contributed by atoms with E-state index in [1.165, 1.54) is 5.56 Å². The largest absolute Gasteiger partial charge is 0.367 e. The maximum absolute atomic E-state index is 11.7. The van der Waals surface area contributed by atoms with Gasteiger partial charge in [-0.05, 0) is 49.8 Å². The number of aromatic nitrogens is 3. The molecule has 0 saturated heterocycles. The zero-order valence-corrected chi connectivity index (χ0v) is 14.4. The fraction of sp³-hybridized carbons (Fsp3) is 0.316. The Morgan fingerprint density at radius 2 is 2.20 bits per heavy atom. The molecule has 1 fully saturated rings. The Balaban J connectivity index is 1.90. The Morgan fingerprint density at radius 3 is 2.88 bits per heavy atom. The van der Waals surface area contributed by atoms with Gasteiger partial charge in [0.05, 0.1) is 5.69 Å². The van der Waals surface area contributed by atoms with E-state index in [-0.39, 0.29) is 5.91 Å². The van der Waals surface area contributed by atoms with Crippen molar-refractivity contribution in [2.45, 2.75) is 32.6 Å². The van der Waals surface area contributed by atoms with E-state index in [4.69, 9.17) is 10.7 Å². The fourth-order valence-corrected chi connectivity index (χ4v) is 3.46. The lowest BCUT2D eigenvalue weighted by Gasteiger charge is -2.13. The third-order valence-corrected chi connectivity index (χ3v) is 4.76. The highest BCUT2D eigenvalue weighted by Gasteiger charge is 2.30. The highest BCUT2D eigenvalue weighted by atomic mass is 16.1. The van der Waals surface area contributed by atoms with E-state index in [1.807, 2.05) is 42.8 Å². The highest BCUT2D eigenvalue weighted by molar-refractivity contribution is 5.95. The molecule has 6 heteroatoms. The number of nitrogens with one attached hydrogen (secondary N) is 1.